The van der Waals surface area contributed by atoms with Gasteiger partial charge in [0.2, 0.25) is 0 Å². The molecule has 0 radical (unpaired) electrons. The summed E-state index contributed by atoms with van der Waals surface area (Å²) in [4.78, 5) is 11.4. The average molecular weight is 351 g/mol. The van der Waals surface area contributed by atoms with Gasteiger partial charge in [0.25, 0.3) is 0 Å². The van der Waals surface area contributed by atoms with Crippen molar-refractivity contribution >= 4 is 5.78 Å². The molecule has 2 N–H and O–H groups in total. The Balaban J connectivity index is 2.40. The van der Waals surface area contributed by atoms with Crippen LogP contribution in [0.4, 0.5) is 0 Å². The number of aliphatic hydroxyl groups excluding tert-OH is 1. The van der Waals surface area contributed by atoms with E-state index >= 15 is 0 Å². The number of hydrogen-bond donors (Lipinski definition) is 2. The Labute approximate surface area is 151 Å². The molecule has 0 saturated heterocycles. The van der Waals surface area contributed by atoms with E-state index in [0.29, 0.717) is 29.5 Å². The quantitative estimate of drug-likeness (QED) is 0.533. The number of Topliss-reactive ketones (excluding diaryl/α,β-unsaturated/α-hetero) is 1. The first-order chi connectivity index (χ1) is 12.0. The monoisotopic (exact) mass is 351 g/mol. The topological polar surface area (TPSA) is 67.8 Å². The third-order valence-corrected chi connectivity index (χ3v) is 4.36. The van der Waals surface area contributed by atoms with Crippen molar-refractivity contribution in [3.8, 4) is 11.5 Å². The van der Waals surface area contributed by atoms with Crippen LogP contribution in [0, 0.1) is 5.92 Å². The fourth-order valence-corrected chi connectivity index (χ4v) is 2.65. The molecule has 0 spiro atoms. The molecule has 0 bridgehead atoms. The van der Waals surface area contributed by atoms with Crippen LogP contribution < -0.4 is 14.8 Å². The highest BCUT2D eigenvalue weighted by Crippen LogP contribution is 2.28. The summed E-state index contributed by atoms with van der Waals surface area (Å²) in [6.07, 6.45) is 4.26. The van der Waals surface area contributed by atoms with E-state index in [9.17, 15) is 9.90 Å². The number of benzene rings is 1. The van der Waals surface area contributed by atoms with E-state index in [1.165, 1.54) is 33.3 Å². The lowest BCUT2D eigenvalue weighted by atomic mass is 9.99. The van der Waals surface area contributed by atoms with Gasteiger partial charge < -0.3 is 19.9 Å². The summed E-state index contributed by atoms with van der Waals surface area (Å²) in [7, 11) is 1.53. The molecule has 0 aliphatic carbocycles. The van der Waals surface area contributed by atoms with Crippen molar-refractivity contribution in [1.29, 1.82) is 0 Å². The van der Waals surface area contributed by atoms with Gasteiger partial charge >= 0.3 is 0 Å². The SMILES string of the molecule is CCCC[C@@H](CC)CNC[C@@H](O)COc1ccc(C(C)=O)cc1OC. The van der Waals surface area contributed by atoms with Crippen LogP contribution in [0.2, 0.25) is 0 Å². The van der Waals surface area contributed by atoms with Gasteiger partial charge in [0.1, 0.15) is 12.7 Å². The van der Waals surface area contributed by atoms with Crippen molar-refractivity contribution in [1.82, 2.24) is 5.32 Å². The Bertz CT molecular complexity index is 518. The van der Waals surface area contributed by atoms with Crippen LogP contribution in [0.5, 0.6) is 11.5 Å². The number of carbonyl (C=O) groups excluding carboxylic acids is 1. The van der Waals surface area contributed by atoms with Crippen molar-refractivity contribution in [2.45, 2.75) is 52.6 Å². The second-order valence-corrected chi connectivity index (χ2v) is 6.46. The Hall–Kier alpha value is -1.59. The largest absolute Gasteiger partial charge is 0.493 e. The average Bonchev–Trinajstić information content (AvgIpc) is 2.62. The number of aliphatic hydroxyl groups is 1. The van der Waals surface area contributed by atoms with Gasteiger partial charge in [-0.1, -0.05) is 33.1 Å². The van der Waals surface area contributed by atoms with E-state index in [-0.39, 0.29) is 12.4 Å². The lowest BCUT2D eigenvalue weighted by molar-refractivity contribution is 0.101. The third kappa shape index (κ3) is 7.88. The minimum atomic E-state index is -0.596. The maximum Gasteiger partial charge on any atom is 0.161 e. The standard InChI is InChI=1S/C20H33NO4/c1-5-7-8-16(6-2)12-21-13-18(23)14-25-19-10-9-17(15(3)22)11-20(19)24-4/h9-11,16,18,21,23H,5-8,12-14H2,1-4H3/t16-,18-/m1/s1. The predicted molar refractivity (Wildman–Crippen MR) is 101 cm³/mol. The van der Waals surface area contributed by atoms with Crippen LogP contribution in [0.1, 0.15) is 56.8 Å². The van der Waals surface area contributed by atoms with Crippen molar-refractivity contribution in [2.24, 2.45) is 5.92 Å². The number of unbranched alkanes of at least 4 members (excludes halogenated alkanes) is 1. The molecule has 0 aliphatic heterocycles. The molecular formula is C20H33NO4. The zero-order valence-corrected chi connectivity index (χ0v) is 16.0. The highest BCUT2D eigenvalue weighted by atomic mass is 16.5. The minimum absolute atomic E-state index is 0.0253. The highest BCUT2D eigenvalue weighted by Gasteiger charge is 2.12. The zero-order valence-electron chi connectivity index (χ0n) is 16.0. The van der Waals surface area contributed by atoms with E-state index < -0.39 is 6.10 Å². The van der Waals surface area contributed by atoms with Crippen molar-refractivity contribution in [3.63, 3.8) is 0 Å². The number of carbonyl (C=O) groups is 1. The number of ketones is 1. The van der Waals surface area contributed by atoms with Gasteiger partial charge in [-0.05, 0) is 44.0 Å². The molecule has 0 saturated carbocycles. The highest BCUT2D eigenvalue weighted by molar-refractivity contribution is 5.94. The van der Waals surface area contributed by atoms with E-state index in [2.05, 4.69) is 19.2 Å². The van der Waals surface area contributed by atoms with E-state index in [1.807, 2.05) is 0 Å². The van der Waals surface area contributed by atoms with Crippen LogP contribution in [0.25, 0.3) is 0 Å². The van der Waals surface area contributed by atoms with Gasteiger partial charge in [-0.15, -0.1) is 0 Å². The lowest BCUT2D eigenvalue weighted by Crippen LogP contribution is -2.34. The first-order valence-corrected chi connectivity index (χ1v) is 9.22. The molecule has 0 fully saturated rings. The van der Waals surface area contributed by atoms with Crippen LogP contribution in [0.15, 0.2) is 18.2 Å². The third-order valence-electron chi connectivity index (χ3n) is 4.36. The molecule has 2 atom stereocenters. The summed E-state index contributed by atoms with van der Waals surface area (Å²) in [5, 5.41) is 13.4. The number of methoxy groups -OCH3 is 1. The van der Waals surface area contributed by atoms with Crippen LogP contribution in [-0.2, 0) is 0 Å². The maximum absolute atomic E-state index is 11.4. The summed E-state index contributed by atoms with van der Waals surface area (Å²) in [6.45, 7) is 7.51. The summed E-state index contributed by atoms with van der Waals surface area (Å²) in [5.41, 5.74) is 0.573. The Kier molecular flexibility index (Phi) is 10.2. The van der Waals surface area contributed by atoms with Gasteiger partial charge in [-0.25, -0.2) is 0 Å². The Morgan fingerprint density at radius 2 is 2.00 bits per heavy atom. The zero-order chi connectivity index (χ0) is 18.7. The molecule has 0 amide bonds. The number of nitrogens with one attached hydrogen (secondary N) is 1. The Morgan fingerprint density at radius 1 is 1.24 bits per heavy atom. The summed E-state index contributed by atoms with van der Waals surface area (Å²) < 4.78 is 10.9. The van der Waals surface area contributed by atoms with Gasteiger partial charge in [-0.3, -0.25) is 4.79 Å². The molecule has 1 aromatic carbocycles. The number of ether oxygens (including phenoxy) is 2. The summed E-state index contributed by atoms with van der Waals surface area (Å²) in [6, 6.07) is 5.06. The number of hydrogen-bond acceptors (Lipinski definition) is 5. The van der Waals surface area contributed by atoms with Gasteiger partial charge in [0.05, 0.1) is 7.11 Å². The molecular weight excluding hydrogens is 318 g/mol. The summed E-state index contributed by atoms with van der Waals surface area (Å²) in [5.74, 6) is 1.66. The molecule has 25 heavy (non-hydrogen) atoms. The predicted octanol–water partition coefficient (Wildman–Crippen LogP) is 3.44. The lowest BCUT2D eigenvalue weighted by Gasteiger charge is -2.18. The molecule has 5 nitrogen and oxygen atoms in total. The smallest absolute Gasteiger partial charge is 0.161 e. The van der Waals surface area contributed by atoms with Gasteiger partial charge in [0.15, 0.2) is 17.3 Å². The molecule has 0 aromatic heterocycles. The molecule has 0 unspecified atom stereocenters. The first kappa shape index (κ1) is 21.5. The number of rotatable bonds is 13. The van der Waals surface area contributed by atoms with Crippen molar-refractivity contribution in [2.75, 3.05) is 26.8 Å². The van der Waals surface area contributed by atoms with E-state index in [0.717, 1.165) is 13.0 Å². The van der Waals surface area contributed by atoms with Crippen LogP contribution in [-0.4, -0.2) is 43.8 Å². The molecule has 1 aromatic rings. The van der Waals surface area contributed by atoms with Crippen molar-refractivity contribution < 1.29 is 19.4 Å². The molecule has 0 heterocycles. The van der Waals surface area contributed by atoms with Crippen molar-refractivity contribution in [3.05, 3.63) is 23.8 Å². The Morgan fingerprint density at radius 3 is 2.60 bits per heavy atom. The van der Waals surface area contributed by atoms with E-state index in [4.69, 9.17) is 9.47 Å². The van der Waals surface area contributed by atoms with Crippen LogP contribution >= 0.6 is 0 Å². The molecule has 0 aliphatic rings. The second kappa shape index (κ2) is 11.9. The fourth-order valence-electron chi connectivity index (χ4n) is 2.65. The summed E-state index contributed by atoms with van der Waals surface area (Å²) >= 11 is 0. The van der Waals surface area contributed by atoms with Gasteiger partial charge in [0, 0.05) is 12.1 Å². The first-order valence-electron chi connectivity index (χ1n) is 9.22. The molecule has 5 heteroatoms. The maximum atomic E-state index is 11.4. The van der Waals surface area contributed by atoms with E-state index in [1.54, 1.807) is 18.2 Å². The van der Waals surface area contributed by atoms with Crippen LogP contribution in [0.3, 0.4) is 0 Å². The second-order valence-electron chi connectivity index (χ2n) is 6.46. The fraction of sp³-hybridized carbons (Fsp3) is 0.650. The van der Waals surface area contributed by atoms with Gasteiger partial charge in [-0.2, -0.15) is 0 Å². The molecule has 142 valence electrons. The minimum Gasteiger partial charge on any atom is -0.493 e. The molecule has 1 rings (SSSR count). The normalized spacial score (nSPS) is 13.3.